The molecule has 0 atom stereocenters. The Balaban J connectivity index is 1.72. The van der Waals surface area contributed by atoms with Gasteiger partial charge >= 0.3 is 0 Å². The Bertz CT molecular complexity index is 1120. The second-order valence-corrected chi connectivity index (χ2v) is 8.62. The lowest BCUT2D eigenvalue weighted by atomic mass is 10.1. The molecule has 0 spiro atoms. The molecule has 1 aliphatic carbocycles. The van der Waals surface area contributed by atoms with Crippen LogP contribution >= 0.6 is 11.8 Å². The molecule has 5 nitrogen and oxygen atoms in total. The summed E-state index contributed by atoms with van der Waals surface area (Å²) in [7, 11) is 0. The second-order valence-electron chi connectivity index (χ2n) is 7.68. The van der Waals surface area contributed by atoms with E-state index in [4.69, 9.17) is 4.98 Å². The molecule has 0 radical (unpaired) electrons. The molecule has 0 unspecified atom stereocenters. The first-order valence-corrected chi connectivity index (χ1v) is 11.0. The number of benzene rings is 2. The Morgan fingerprint density at radius 2 is 1.93 bits per heavy atom. The number of thioether (sulfide) groups is 1. The van der Waals surface area contributed by atoms with Crippen molar-refractivity contribution in [1.82, 2.24) is 14.9 Å². The van der Waals surface area contributed by atoms with Gasteiger partial charge in [-0.05, 0) is 56.0 Å². The van der Waals surface area contributed by atoms with Gasteiger partial charge in [0.15, 0.2) is 5.16 Å². The van der Waals surface area contributed by atoms with Crippen LogP contribution in [0.5, 0.6) is 0 Å². The Hall–Kier alpha value is -2.60. The summed E-state index contributed by atoms with van der Waals surface area (Å²) in [5, 5.41) is 4.23. The topological polar surface area (TPSA) is 64.0 Å². The molecule has 1 aliphatic rings. The zero-order valence-electron chi connectivity index (χ0n) is 16.8. The number of carbonyl (C=O) groups excluding carboxylic acids is 1. The molecule has 1 amide bonds. The average Bonchev–Trinajstić information content (AvgIpc) is 3.22. The first-order chi connectivity index (χ1) is 14.0. The van der Waals surface area contributed by atoms with Crippen molar-refractivity contribution in [2.24, 2.45) is 0 Å². The van der Waals surface area contributed by atoms with Crippen LogP contribution in [0.3, 0.4) is 0 Å². The van der Waals surface area contributed by atoms with Gasteiger partial charge in [0.1, 0.15) is 0 Å². The number of nitrogens with zero attached hydrogens (tertiary/aromatic N) is 2. The Labute approximate surface area is 174 Å². The van der Waals surface area contributed by atoms with Crippen LogP contribution in [0.4, 0.5) is 0 Å². The Kier molecular flexibility index (Phi) is 5.72. The third kappa shape index (κ3) is 4.22. The summed E-state index contributed by atoms with van der Waals surface area (Å²) in [4.78, 5) is 30.5. The van der Waals surface area contributed by atoms with E-state index in [1.54, 1.807) is 10.6 Å². The van der Waals surface area contributed by atoms with Gasteiger partial charge in [0.25, 0.3) is 5.56 Å². The molecule has 1 heterocycles. The van der Waals surface area contributed by atoms with Crippen LogP contribution in [0.1, 0.15) is 36.8 Å². The van der Waals surface area contributed by atoms with Crippen LogP contribution in [0, 0.1) is 13.8 Å². The molecule has 29 heavy (non-hydrogen) atoms. The van der Waals surface area contributed by atoms with Crippen LogP contribution < -0.4 is 10.9 Å². The molecule has 2 aromatic carbocycles. The molecule has 1 aromatic heterocycles. The summed E-state index contributed by atoms with van der Waals surface area (Å²) in [5.74, 6) is 0.239. The summed E-state index contributed by atoms with van der Waals surface area (Å²) < 4.78 is 1.65. The van der Waals surface area contributed by atoms with Crippen LogP contribution in [0.15, 0.2) is 52.4 Å². The fourth-order valence-electron chi connectivity index (χ4n) is 3.85. The van der Waals surface area contributed by atoms with Gasteiger partial charge in [-0.1, -0.05) is 48.9 Å². The fraction of sp³-hybridized carbons (Fsp3) is 0.348. The van der Waals surface area contributed by atoms with Gasteiger partial charge in [-0.25, -0.2) is 4.98 Å². The summed E-state index contributed by atoms with van der Waals surface area (Å²) in [6.45, 7) is 3.99. The smallest absolute Gasteiger partial charge is 0.266 e. The zero-order chi connectivity index (χ0) is 20.4. The van der Waals surface area contributed by atoms with Crippen molar-refractivity contribution in [1.29, 1.82) is 0 Å². The first kappa shape index (κ1) is 19.7. The van der Waals surface area contributed by atoms with Crippen molar-refractivity contribution < 1.29 is 4.79 Å². The maximum absolute atomic E-state index is 13.3. The highest BCUT2D eigenvalue weighted by Gasteiger charge is 2.19. The molecule has 3 aromatic rings. The van der Waals surface area contributed by atoms with Gasteiger partial charge < -0.3 is 5.32 Å². The van der Waals surface area contributed by atoms with E-state index >= 15 is 0 Å². The first-order valence-electron chi connectivity index (χ1n) is 10.0. The van der Waals surface area contributed by atoms with Gasteiger partial charge in [0, 0.05) is 6.04 Å². The number of hydrogen-bond donors (Lipinski definition) is 1. The maximum atomic E-state index is 13.3. The molecule has 150 valence electrons. The minimum atomic E-state index is -0.108. The van der Waals surface area contributed by atoms with Crippen LogP contribution in [-0.2, 0) is 4.79 Å². The van der Waals surface area contributed by atoms with Gasteiger partial charge in [0.05, 0.1) is 22.3 Å². The fourth-order valence-corrected chi connectivity index (χ4v) is 4.67. The number of aryl methyl sites for hydroxylation is 2. The van der Waals surface area contributed by atoms with E-state index in [0.717, 1.165) is 29.7 Å². The second kappa shape index (κ2) is 8.41. The van der Waals surface area contributed by atoms with E-state index < -0.39 is 0 Å². The minimum Gasteiger partial charge on any atom is -0.353 e. The number of aromatic nitrogens is 2. The van der Waals surface area contributed by atoms with E-state index in [1.165, 1.54) is 24.6 Å². The van der Waals surface area contributed by atoms with Gasteiger partial charge in [-0.15, -0.1) is 0 Å². The van der Waals surface area contributed by atoms with E-state index in [2.05, 4.69) is 5.32 Å². The van der Waals surface area contributed by atoms with Crippen molar-refractivity contribution in [2.75, 3.05) is 5.75 Å². The third-order valence-electron chi connectivity index (χ3n) is 5.40. The summed E-state index contributed by atoms with van der Waals surface area (Å²) >= 11 is 1.32. The van der Waals surface area contributed by atoms with Gasteiger partial charge in [-0.2, -0.15) is 0 Å². The average molecular weight is 408 g/mol. The predicted octanol–water partition coefficient (Wildman–Crippen LogP) is 4.15. The Morgan fingerprint density at radius 3 is 2.72 bits per heavy atom. The molecule has 0 saturated heterocycles. The third-order valence-corrected chi connectivity index (χ3v) is 6.34. The number of nitrogens with one attached hydrogen (secondary N) is 1. The maximum Gasteiger partial charge on any atom is 0.266 e. The SMILES string of the molecule is Cc1ccc(C)c(-n2c(SCC(=O)NC3CCCC3)nc3ccccc3c2=O)c1. The zero-order valence-corrected chi connectivity index (χ0v) is 17.6. The highest BCUT2D eigenvalue weighted by atomic mass is 32.2. The molecule has 1 saturated carbocycles. The summed E-state index contributed by atoms with van der Waals surface area (Å²) in [5.41, 5.74) is 3.42. The van der Waals surface area contributed by atoms with Crippen molar-refractivity contribution in [3.63, 3.8) is 0 Å². The van der Waals surface area contributed by atoms with Crippen LogP contribution in [0.2, 0.25) is 0 Å². The molecule has 1 fully saturated rings. The van der Waals surface area contributed by atoms with E-state index in [1.807, 2.05) is 50.2 Å². The number of rotatable bonds is 5. The lowest BCUT2D eigenvalue weighted by Gasteiger charge is -2.16. The monoisotopic (exact) mass is 407 g/mol. The number of hydrogen-bond acceptors (Lipinski definition) is 4. The number of carbonyl (C=O) groups is 1. The van der Waals surface area contributed by atoms with E-state index in [9.17, 15) is 9.59 Å². The molecular formula is C23H25N3O2S. The lowest BCUT2D eigenvalue weighted by Crippen LogP contribution is -2.34. The molecule has 0 bridgehead atoms. The molecule has 1 N–H and O–H groups in total. The summed E-state index contributed by atoms with van der Waals surface area (Å²) in [6.07, 6.45) is 4.46. The van der Waals surface area contributed by atoms with Gasteiger partial charge in [-0.3, -0.25) is 14.2 Å². The minimum absolute atomic E-state index is 0.00294. The number of fused-ring (bicyclic) bond motifs is 1. The quantitative estimate of drug-likeness (QED) is 0.510. The van der Waals surface area contributed by atoms with E-state index in [-0.39, 0.29) is 23.3 Å². The Morgan fingerprint density at radius 1 is 1.17 bits per heavy atom. The van der Waals surface area contributed by atoms with Crippen molar-refractivity contribution in [3.8, 4) is 5.69 Å². The van der Waals surface area contributed by atoms with Crippen LogP contribution in [0.25, 0.3) is 16.6 Å². The largest absolute Gasteiger partial charge is 0.353 e. The van der Waals surface area contributed by atoms with E-state index in [0.29, 0.717) is 16.1 Å². The van der Waals surface area contributed by atoms with Gasteiger partial charge in [0.2, 0.25) is 5.91 Å². The highest BCUT2D eigenvalue weighted by molar-refractivity contribution is 7.99. The van der Waals surface area contributed by atoms with Crippen molar-refractivity contribution in [3.05, 3.63) is 63.9 Å². The predicted molar refractivity (Wildman–Crippen MR) is 118 cm³/mol. The highest BCUT2D eigenvalue weighted by Crippen LogP contribution is 2.24. The van der Waals surface area contributed by atoms with Crippen molar-refractivity contribution >= 4 is 28.6 Å². The standard InChI is InChI=1S/C23H25N3O2S/c1-15-11-12-16(2)20(13-15)26-22(28)18-9-5-6-10-19(18)25-23(26)29-14-21(27)24-17-7-3-4-8-17/h5-6,9-13,17H,3-4,7-8,14H2,1-2H3,(H,24,27). The molecule has 4 rings (SSSR count). The number of para-hydroxylation sites is 1. The number of amides is 1. The normalized spacial score (nSPS) is 14.4. The summed E-state index contributed by atoms with van der Waals surface area (Å²) in [6, 6.07) is 13.7. The molecule has 0 aliphatic heterocycles. The van der Waals surface area contributed by atoms with Crippen LogP contribution in [-0.4, -0.2) is 27.3 Å². The van der Waals surface area contributed by atoms with Crippen molar-refractivity contribution in [2.45, 2.75) is 50.7 Å². The molecule has 6 heteroatoms. The lowest BCUT2D eigenvalue weighted by molar-refractivity contribution is -0.119. The molecular weight excluding hydrogens is 382 g/mol.